The van der Waals surface area contributed by atoms with Crippen LogP contribution in [-0.4, -0.2) is 34.6 Å². The highest BCUT2D eigenvalue weighted by Gasteiger charge is 2.25. The monoisotopic (exact) mass is 394 g/mol. The number of anilines is 2. The molecule has 0 bridgehead atoms. The molecule has 0 atom stereocenters. The highest BCUT2D eigenvalue weighted by molar-refractivity contribution is 7.91. The Morgan fingerprint density at radius 2 is 1.96 bits per heavy atom. The topological polar surface area (TPSA) is 75.7 Å². The molecule has 6 nitrogen and oxygen atoms in total. The van der Waals surface area contributed by atoms with Crippen LogP contribution in [0.4, 0.5) is 11.4 Å². The molecule has 2 aromatic carbocycles. The Kier molecular flexibility index (Phi) is 5.50. The van der Waals surface area contributed by atoms with Crippen LogP contribution in [0.2, 0.25) is 5.02 Å². The van der Waals surface area contributed by atoms with Crippen molar-refractivity contribution < 1.29 is 17.9 Å². The summed E-state index contributed by atoms with van der Waals surface area (Å²) in [5.74, 6) is -0.248. The third kappa shape index (κ3) is 4.35. The van der Waals surface area contributed by atoms with Crippen LogP contribution in [0.25, 0.3) is 0 Å². The van der Waals surface area contributed by atoms with Crippen molar-refractivity contribution >= 4 is 38.9 Å². The maximum absolute atomic E-state index is 12.4. The molecule has 0 unspecified atom stereocenters. The molecule has 0 saturated heterocycles. The van der Waals surface area contributed by atoms with E-state index in [0.717, 1.165) is 11.3 Å². The number of halogens is 1. The van der Waals surface area contributed by atoms with Crippen molar-refractivity contribution in [3.05, 3.63) is 58.6 Å². The molecular formula is C18H19ClN2O4S. The van der Waals surface area contributed by atoms with Gasteiger partial charge >= 0.3 is 0 Å². The minimum atomic E-state index is -3.55. The number of nitrogens with one attached hydrogen (secondary N) is 1. The van der Waals surface area contributed by atoms with E-state index in [1.807, 2.05) is 0 Å². The summed E-state index contributed by atoms with van der Waals surface area (Å²) in [4.78, 5) is 13.7. The van der Waals surface area contributed by atoms with Crippen LogP contribution >= 0.6 is 11.6 Å². The van der Waals surface area contributed by atoms with E-state index in [1.54, 1.807) is 47.4 Å². The fourth-order valence-electron chi connectivity index (χ4n) is 2.94. The zero-order chi connectivity index (χ0) is 18.7. The molecule has 1 amide bonds. The van der Waals surface area contributed by atoms with Crippen molar-refractivity contribution in [1.82, 2.24) is 0 Å². The van der Waals surface area contributed by atoms with Crippen LogP contribution in [-0.2, 0) is 31.7 Å². The summed E-state index contributed by atoms with van der Waals surface area (Å²) in [7, 11) is -2.07. The summed E-state index contributed by atoms with van der Waals surface area (Å²) < 4.78 is 32.3. The number of carbonyl (C=O) groups is 1. The average Bonchev–Trinajstić information content (AvgIpc) is 3.00. The van der Waals surface area contributed by atoms with Gasteiger partial charge in [-0.1, -0.05) is 23.7 Å². The fourth-order valence-corrected chi connectivity index (χ4v) is 4.26. The minimum absolute atomic E-state index is 0.0227. The van der Waals surface area contributed by atoms with E-state index in [1.165, 1.54) is 7.11 Å². The number of amides is 1. The Labute approximate surface area is 157 Å². The Balaban J connectivity index is 1.73. The normalized spacial score (nSPS) is 13.5. The molecule has 138 valence electrons. The second kappa shape index (κ2) is 7.65. The Morgan fingerprint density at radius 3 is 2.65 bits per heavy atom. The Bertz CT molecular complexity index is 913. The Morgan fingerprint density at radius 1 is 1.23 bits per heavy atom. The minimum Gasteiger partial charge on any atom is -0.375 e. The smallest absolute Gasteiger partial charge is 0.252 e. The third-order valence-corrected chi connectivity index (χ3v) is 5.60. The molecule has 0 aliphatic carbocycles. The van der Waals surface area contributed by atoms with E-state index in [9.17, 15) is 13.2 Å². The number of benzene rings is 2. The lowest BCUT2D eigenvalue weighted by atomic mass is 10.1. The van der Waals surface area contributed by atoms with Crippen LogP contribution in [0, 0.1) is 0 Å². The van der Waals surface area contributed by atoms with Crippen LogP contribution in [0.1, 0.15) is 11.1 Å². The quantitative estimate of drug-likeness (QED) is 0.817. The summed E-state index contributed by atoms with van der Waals surface area (Å²) in [6.45, 7) is 0.591. The predicted molar refractivity (Wildman–Crippen MR) is 102 cm³/mol. The average molecular weight is 395 g/mol. The number of hydrogen-bond donors (Lipinski definition) is 1. The van der Waals surface area contributed by atoms with Gasteiger partial charge in [-0.2, -0.15) is 0 Å². The van der Waals surface area contributed by atoms with Gasteiger partial charge in [-0.05, 0) is 47.9 Å². The highest BCUT2D eigenvalue weighted by atomic mass is 35.5. The summed E-state index contributed by atoms with van der Waals surface area (Å²) in [5, 5.41) is 0.560. The van der Waals surface area contributed by atoms with Crippen LogP contribution < -0.4 is 9.62 Å². The predicted octanol–water partition coefficient (Wildman–Crippen LogP) is 2.82. The van der Waals surface area contributed by atoms with Gasteiger partial charge in [0.1, 0.15) is 6.61 Å². The molecule has 1 aliphatic heterocycles. The number of methoxy groups -OCH3 is 1. The summed E-state index contributed by atoms with van der Waals surface area (Å²) >= 11 is 5.82. The van der Waals surface area contributed by atoms with Crippen LogP contribution in [0.15, 0.2) is 42.5 Å². The number of nitrogens with zero attached hydrogens (tertiary/aromatic N) is 1. The van der Waals surface area contributed by atoms with E-state index in [-0.39, 0.29) is 18.3 Å². The first kappa shape index (κ1) is 18.7. The van der Waals surface area contributed by atoms with Crippen molar-refractivity contribution in [3.8, 4) is 0 Å². The third-order valence-electron chi connectivity index (χ3n) is 4.09. The molecule has 2 aromatic rings. The van der Waals surface area contributed by atoms with Gasteiger partial charge < -0.3 is 9.64 Å². The molecular weight excluding hydrogens is 376 g/mol. The number of hydrogen-bond acceptors (Lipinski definition) is 4. The van der Waals surface area contributed by atoms with Gasteiger partial charge in [-0.25, -0.2) is 8.42 Å². The van der Waals surface area contributed by atoms with Gasteiger partial charge in [0.15, 0.2) is 0 Å². The molecule has 0 fully saturated rings. The lowest BCUT2D eigenvalue weighted by Gasteiger charge is -2.17. The lowest BCUT2D eigenvalue weighted by molar-refractivity contribution is -0.122. The van der Waals surface area contributed by atoms with Crippen LogP contribution in [0.5, 0.6) is 0 Å². The second-order valence-electron chi connectivity index (χ2n) is 6.06. The number of sulfonamides is 1. The standard InChI is InChI=1S/C18H19ClN2O4S/c1-25-11-18(22)21-9-8-14-10-16(6-7-17(14)21)20-26(23,24)12-13-2-4-15(19)5-3-13/h2-7,10,20H,8-9,11-12H2,1H3. The molecule has 1 heterocycles. The number of rotatable bonds is 6. The number of fused-ring (bicyclic) bond motifs is 1. The van der Waals surface area contributed by atoms with Crippen molar-refractivity contribution in [2.45, 2.75) is 12.2 Å². The first-order chi connectivity index (χ1) is 12.4. The zero-order valence-corrected chi connectivity index (χ0v) is 15.8. The molecule has 0 saturated carbocycles. The molecule has 3 rings (SSSR count). The van der Waals surface area contributed by atoms with Gasteiger partial charge in [0, 0.05) is 30.1 Å². The highest BCUT2D eigenvalue weighted by Crippen LogP contribution is 2.31. The molecule has 1 aliphatic rings. The van der Waals surface area contributed by atoms with Crippen molar-refractivity contribution in [2.24, 2.45) is 0 Å². The molecule has 8 heteroatoms. The fraction of sp³-hybridized carbons (Fsp3) is 0.278. The zero-order valence-electron chi connectivity index (χ0n) is 14.2. The maximum Gasteiger partial charge on any atom is 0.252 e. The van der Waals surface area contributed by atoms with Gasteiger partial charge in [-0.15, -0.1) is 0 Å². The molecule has 0 spiro atoms. The molecule has 0 radical (unpaired) electrons. The van der Waals surface area contributed by atoms with E-state index in [0.29, 0.717) is 29.2 Å². The van der Waals surface area contributed by atoms with Gasteiger partial charge in [-0.3, -0.25) is 9.52 Å². The first-order valence-electron chi connectivity index (χ1n) is 8.05. The number of ether oxygens (including phenoxy) is 1. The first-order valence-corrected chi connectivity index (χ1v) is 10.1. The van der Waals surface area contributed by atoms with Gasteiger partial charge in [0.05, 0.1) is 5.75 Å². The summed E-state index contributed by atoms with van der Waals surface area (Å²) in [5.41, 5.74) is 2.87. The molecule has 0 aromatic heterocycles. The summed E-state index contributed by atoms with van der Waals surface area (Å²) in [6.07, 6.45) is 0.678. The molecule has 26 heavy (non-hydrogen) atoms. The van der Waals surface area contributed by atoms with Gasteiger partial charge in [0.2, 0.25) is 10.0 Å². The lowest BCUT2D eigenvalue weighted by Crippen LogP contribution is -2.31. The maximum atomic E-state index is 12.4. The van der Waals surface area contributed by atoms with Crippen LogP contribution in [0.3, 0.4) is 0 Å². The molecule has 1 N–H and O–H groups in total. The van der Waals surface area contributed by atoms with E-state index in [2.05, 4.69) is 4.72 Å². The van der Waals surface area contributed by atoms with E-state index < -0.39 is 10.0 Å². The van der Waals surface area contributed by atoms with Crippen molar-refractivity contribution in [2.75, 3.05) is 29.9 Å². The Hall–Kier alpha value is -2.09. The SMILES string of the molecule is COCC(=O)N1CCc2cc(NS(=O)(=O)Cc3ccc(Cl)cc3)ccc21. The summed E-state index contributed by atoms with van der Waals surface area (Å²) in [6, 6.07) is 11.9. The van der Waals surface area contributed by atoms with Crippen molar-refractivity contribution in [3.63, 3.8) is 0 Å². The second-order valence-corrected chi connectivity index (χ2v) is 8.22. The van der Waals surface area contributed by atoms with Crippen molar-refractivity contribution in [1.29, 1.82) is 0 Å². The van der Waals surface area contributed by atoms with E-state index in [4.69, 9.17) is 16.3 Å². The van der Waals surface area contributed by atoms with E-state index >= 15 is 0 Å². The number of carbonyl (C=O) groups excluding carboxylic acids is 1. The van der Waals surface area contributed by atoms with Gasteiger partial charge in [0.25, 0.3) is 5.91 Å². The largest absolute Gasteiger partial charge is 0.375 e.